The predicted molar refractivity (Wildman–Crippen MR) is 88.5 cm³/mol. The molecule has 0 bridgehead atoms. The van der Waals surface area contributed by atoms with E-state index < -0.39 is 7.81 Å². The van der Waals surface area contributed by atoms with Gasteiger partial charge in [0.25, 0.3) is 0 Å². The SMILES string of the molecule is C/C(C=[N+](C)C)=C/N(C)C.CNC(=O)CC(C)=O.F[P-](F)(F)(F)(F)F. The minimum absolute atomic E-state index is 0.00347. The molecular formula is C13H26F6N3O2P. The molecule has 0 aromatic carbocycles. The average molecular weight is 401 g/mol. The second kappa shape index (κ2) is 9.74. The standard InChI is InChI=1S/C8H17N2.C5H9NO2.F6P/c1-8(6-9(2)3)7-10(4)5;1-4(7)3-5(8)6-2;1-7(2,3,4,5)6/h6-7H,1-5H3;3H2,1-2H3,(H,6,8);/q+1;;-1. The van der Waals surface area contributed by atoms with Crippen LogP contribution in [0.5, 0.6) is 0 Å². The van der Waals surface area contributed by atoms with E-state index in [-0.39, 0.29) is 18.1 Å². The molecular weight excluding hydrogens is 375 g/mol. The maximum absolute atomic E-state index is 10.7. The first kappa shape index (κ1) is 28.2. The topological polar surface area (TPSA) is 52.4 Å². The quantitative estimate of drug-likeness (QED) is 0.256. The fraction of sp³-hybridized carbons (Fsp3) is 0.615. The van der Waals surface area contributed by atoms with Crippen LogP contribution in [0.3, 0.4) is 0 Å². The molecule has 0 aliphatic rings. The molecule has 0 aromatic rings. The monoisotopic (exact) mass is 401 g/mol. The molecule has 0 spiro atoms. The van der Waals surface area contributed by atoms with Gasteiger partial charge in [-0.3, -0.25) is 9.59 Å². The zero-order valence-corrected chi connectivity index (χ0v) is 16.2. The number of nitrogens with one attached hydrogen (secondary N) is 1. The molecule has 0 aliphatic heterocycles. The fourth-order valence-electron chi connectivity index (χ4n) is 1.16. The van der Waals surface area contributed by atoms with E-state index in [0.717, 1.165) is 0 Å². The Morgan fingerprint density at radius 2 is 1.40 bits per heavy atom. The molecule has 25 heavy (non-hydrogen) atoms. The first-order valence-corrected chi connectivity index (χ1v) is 8.79. The number of ketones is 1. The van der Waals surface area contributed by atoms with Gasteiger partial charge < -0.3 is 10.2 Å². The average Bonchev–Trinajstić information content (AvgIpc) is 2.21. The fourth-order valence-corrected chi connectivity index (χ4v) is 1.16. The van der Waals surface area contributed by atoms with E-state index in [9.17, 15) is 34.8 Å². The summed E-state index contributed by atoms with van der Waals surface area (Å²) in [7, 11) is -1.07. The van der Waals surface area contributed by atoms with Gasteiger partial charge >= 0.3 is 33.0 Å². The molecule has 12 heteroatoms. The van der Waals surface area contributed by atoms with Crippen LogP contribution in [0.1, 0.15) is 20.3 Å². The normalized spacial score (nSPS) is 13.6. The number of Topliss-reactive ketones (excluding diaryl/α,β-unsaturated/α-hetero) is 1. The van der Waals surface area contributed by atoms with Gasteiger partial charge in [0.2, 0.25) is 5.91 Å². The van der Waals surface area contributed by atoms with E-state index >= 15 is 0 Å². The molecule has 1 N–H and O–H groups in total. The summed E-state index contributed by atoms with van der Waals surface area (Å²) in [6.07, 6.45) is 4.16. The third kappa shape index (κ3) is 60.7. The van der Waals surface area contributed by atoms with Gasteiger partial charge in [0.1, 0.15) is 19.9 Å². The molecule has 0 aromatic heterocycles. The Bertz CT molecular complexity index is 497. The van der Waals surface area contributed by atoms with Crippen molar-refractivity contribution in [1.29, 1.82) is 0 Å². The molecule has 0 unspecified atom stereocenters. The zero-order chi connectivity index (χ0) is 21.1. The summed E-state index contributed by atoms with van der Waals surface area (Å²) >= 11 is 0. The first-order valence-electron chi connectivity index (χ1n) is 6.76. The summed E-state index contributed by atoms with van der Waals surface area (Å²) in [6, 6.07) is 0. The van der Waals surface area contributed by atoms with E-state index in [1.54, 1.807) is 0 Å². The van der Waals surface area contributed by atoms with Crippen LogP contribution in [0.2, 0.25) is 0 Å². The molecule has 0 rings (SSSR count). The summed E-state index contributed by atoms with van der Waals surface area (Å²) in [5.41, 5.74) is 1.26. The van der Waals surface area contributed by atoms with Gasteiger partial charge in [-0.25, -0.2) is 4.58 Å². The van der Waals surface area contributed by atoms with Crippen molar-refractivity contribution in [1.82, 2.24) is 10.2 Å². The van der Waals surface area contributed by atoms with E-state index in [0.29, 0.717) is 0 Å². The van der Waals surface area contributed by atoms with Crippen LogP contribution >= 0.6 is 7.81 Å². The number of rotatable bonds is 4. The van der Waals surface area contributed by atoms with Gasteiger partial charge in [0, 0.05) is 32.9 Å². The minimum atomic E-state index is -10.7. The van der Waals surface area contributed by atoms with Gasteiger partial charge in [0.15, 0.2) is 6.21 Å². The molecule has 1 amide bonds. The van der Waals surface area contributed by atoms with Gasteiger partial charge in [-0.1, -0.05) is 0 Å². The number of hydrogen-bond donors (Lipinski definition) is 1. The molecule has 0 radical (unpaired) electrons. The van der Waals surface area contributed by atoms with Gasteiger partial charge in [-0.15, -0.1) is 0 Å². The van der Waals surface area contributed by atoms with E-state index in [1.165, 1.54) is 19.5 Å². The Morgan fingerprint density at radius 1 is 1.04 bits per heavy atom. The molecule has 0 fully saturated rings. The number of halogens is 6. The second-order valence-corrected chi connectivity index (χ2v) is 7.36. The van der Waals surface area contributed by atoms with Gasteiger partial charge in [-0.2, -0.15) is 0 Å². The number of nitrogens with zero attached hydrogens (tertiary/aromatic N) is 2. The third-order valence-electron chi connectivity index (χ3n) is 1.61. The second-order valence-electron chi connectivity index (χ2n) is 5.44. The van der Waals surface area contributed by atoms with Crippen LogP contribution in [-0.4, -0.2) is 62.6 Å². The number of carbonyl (C=O) groups is 2. The van der Waals surface area contributed by atoms with Crippen molar-refractivity contribution < 1.29 is 39.3 Å². The van der Waals surface area contributed by atoms with Crippen LogP contribution < -0.4 is 5.32 Å². The summed E-state index contributed by atoms with van der Waals surface area (Å²) in [5, 5.41) is 2.34. The molecule has 0 saturated carbocycles. The van der Waals surface area contributed by atoms with E-state index in [1.807, 2.05) is 37.7 Å². The Labute approximate surface area is 143 Å². The predicted octanol–water partition coefficient (Wildman–Crippen LogP) is 3.89. The van der Waals surface area contributed by atoms with Crippen molar-refractivity contribution in [2.75, 3.05) is 35.2 Å². The maximum atomic E-state index is 10.3. The van der Waals surface area contributed by atoms with Crippen molar-refractivity contribution in [3.63, 3.8) is 0 Å². The van der Waals surface area contributed by atoms with Crippen molar-refractivity contribution in [2.45, 2.75) is 20.3 Å². The van der Waals surface area contributed by atoms with Gasteiger partial charge in [0.05, 0.1) is 6.42 Å². The third-order valence-corrected chi connectivity index (χ3v) is 1.61. The molecule has 152 valence electrons. The van der Waals surface area contributed by atoms with E-state index in [4.69, 9.17) is 0 Å². The van der Waals surface area contributed by atoms with Crippen molar-refractivity contribution in [3.8, 4) is 0 Å². The van der Waals surface area contributed by atoms with Crippen LogP contribution in [0, 0.1) is 0 Å². The summed E-state index contributed by atoms with van der Waals surface area (Å²) in [4.78, 5) is 22.5. The number of carbonyl (C=O) groups excluding carboxylic acids is 2. The molecule has 0 atom stereocenters. The van der Waals surface area contributed by atoms with Crippen LogP contribution in [-0.2, 0) is 9.59 Å². The Kier molecular flexibility index (Phi) is 11.0. The van der Waals surface area contributed by atoms with Crippen LogP contribution in [0.15, 0.2) is 11.8 Å². The number of allylic oxidation sites excluding steroid dienone is 1. The number of amides is 1. The zero-order valence-electron chi connectivity index (χ0n) is 15.3. The summed E-state index contributed by atoms with van der Waals surface area (Å²) in [6.45, 7) is 3.47. The summed E-state index contributed by atoms with van der Waals surface area (Å²) in [5.74, 6) is -0.332. The molecule has 0 heterocycles. The van der Waals surface area contributed by atoms with Crippen molar-refractivity contribution in [2.24, 2.45) is 0 Å². The summed E-state index contributed by atoms with van der Waals surface area (Å²) < 4.78 is 61.2. The van der Waals surface area contributed by atoms with Crippen LogP contribution in [0.4, 0.5) is 25.2 Å². The Balaban J connectivity index is -0.000000296. The first-order chi connectivity index (χ1) is 10.6. The van der Waals surface area contributed by atoms with Gasteiger partial charge in [-0.05, 0) is 13.8 Å². The molecule has 5 nitrogen and oxygen atoms in total. The van der Waals surface area contributed by atoms with Crippen molar-refractivity contribution in [3.05, 3.63) is 11.8 Å². The number of hydrogen-bond acceptors (Lipinski definition) is 3. The molecule has 0 aliphatic carbocycles. The molecule has 0 saturated heterocycles. The Morgan fingerprint density at radius 3 is 1.56 bits per heavy atom. The Hall–Kier alpha value is -1.64. The van der Waals surface area contributed by atoms with Crippen LogP contribution in [0.25, 0.3) is 0 Å². The van der Waals surface area contributed by atoms with Crippen molar-refractivity contribution >= 4 is 25.7 Å². The van der Waals surface area contributed by atoms with E-state index in [2.05, 4.69) is 24.7 Å².